The van der Waals surface area contributed by atoms with E-state index in [9.17, 15) is 15.0 Å². The van der Waals surface area contributed by atoms with Gasteiger partial charge in [-0.1, -0.05) is 54.1 Å². The van der Waals surface area contributed by atoms with Gasteiger partial charge in [-0.25, -0.2) is 0 Å². The number of aliphatic hydroxyl groups excluding tert-OH is 1. The first-order valence-electron chi connectivity index (χ1n) is 6.76. The Morgan fingerprint density at radius 1 is 1.05 bits per heavy atom. The van der Waals surface area contributed by atoms with Crippen LogP contribution in [0.4, 0.5) is 0 Å². The fraction of sp³-hybridized carbons (Fsp3) is 0.235. The highest BCUT2D eigenvalue weighted by Gasteiger charge is 2.22. The van der Waals surface area contributed by atoms with Gasteiger partial charge in [-0.15, -0.1) is 0 Å². The van der Waals surface area contributed by atoms with E-state index in [1.807, 2.05) is 30.3 Å². The average molecular weight is 305 g/mol. The van der Waals surface area contributed by atoms with Crippen LogP contribution in [-0.2, 0) is 11.2 Å². The van der Waals surface area contributed by atoms with E-state index in [1.54, 1.807) is 24.3 Å². The van der Waals surface area contributed by atoms with Crippen LogP contribution < -0.4 is 0 Å². The number of hydrogen-bond acceptors (Lipinski definition) is 2. The van der Waals surface area contributed by atoms with Crippen LogP contribution in [0.5, 0.6) is 0 Å². The summed E-state index contributed by atoms with van der Waals surface area (Å²) in [4.78, 5) is 11.4. The topological polar surface area (TPSA) is 57.5 Å². The zero-order valence-corrected chi connectivity index (χ0v) is 12.2. The zero-order chi connectivity index (χ0) is 15.2. The van der Waals surface area contributed by atoms with Crippen LogP contribution in [0.2, 0.25) is 5.02 Å². The van der Waals surface area contributed by atoms with E-state index in [2.05, 4.69) is 0 Å². The van der Waals surface area contributed by atoms with E-state index < -0.39 is 18.0 Å². The molecule has 2 N–H and O–H groups in total. The number of hydrogen-bond donors (Lipinski definition) is 2. The van der Waals surface area contributed by atoms with E-state index in [0.717, 1.165) is 11.1 Å². The van der Waals surface area contributed by atoms with Crippen molar-refractivity contribution in [2.45, 2.75) is 18.9 Å². The summed E-state index contributed by atoms with van der Waals surface area (Å²) in [7, 11) is 0. The van der Waals surface area contributed by atoms with Crippen molar-refractivity contribution in [1.29, 1.82) is 0 Å². The number of carboxylic acid groups (broad SMARTS) is 1. The van der Waals surface area contributed by atoms with Crippen molar-refractivity contribution in [3.63, 3.8) is 0 Å². The number of carbonyl (C=O) groups is 1. The molecule has 0 aromatic heterocycles. The lowest BCUT2D eigenvalue weighted by Gasteiger charge is -2.17. The fourth-order valence-electron chi connectivity index (χ4n) is 2.26. The third-order valence-corrected chi connectivity index (χ3v) is 3.69. The van der Waals surface area contributed by atoms with Gasteiger partial charge in [-0.3, -0.25) is 4.79 Å². The van der Waals surface area contributed by atoms with Crippen LogP contribution in [0.3, 0.4) is 0 Å². The molecule has 110 valence electrons. The van der Waals surface area contributed by atoms with E-state index in [4.69, 9.17) is 11.6 Å². The molecule has 4 heteroatoms. The third kappa shape index (κ3) is 4.59. The predicted octanol–water partition coefficient (Wildman–Crippen LogP) is 3.71. The minimum absolute atomic E-state index is 0.183. The average Bonchev–Trinajstić information content (AvgIpc) is 2.49. The van der Waals surface area contributed by atoms with Gasteiger partial charge < -0.3 is 10.2 Å². The molecule has 0 aliphatic rings. The zero-order valence-electron chi connectivity index (χ0n) is 11.4. The minimum atomic E-state index is -0.903. The normalized spacial score (nSPS) is 13.6. The second kappa shape index (κ2) is 7.25. The molecule has 0 saturated heterocycles. The molecule has 2 aromatic rings. The first kappa shape index (κ1) is 15.5. The van der Waals surface area contributed by atoms with Crippen LogP contribution >= 0.6 is 11.6 Å². The van der Waals surface area contributed by atoms with Crippen LogP contribution in [0.1, 0.15) is 23.7 Å². The van der Waals surface area contributed by atoms with Gasteiger partial charge >= 0.3 is 5.97 Å². The lowest BCUT2D eigenvalue weighted by atomic mass is 9.91. The van der Waals surface area contributed by atoms with Crippen molar-refractivity contribution in [2.75, 3.05) is 0 Å². The van der Waals surface area contributed by atoms with E-state index in [1.165, 1.54) is 0 Å². The molecule has 0 amide bonds. The van der Waals surface area contributed by atoms with Gasteiger partial charge in [0, 0.05) is 5.02 Å². The number of benzene rings is 2. The molecule has 2 unspecified atom stereocenters. The molecule has 0 saturated carbocycles. The standard InChI is InChI=1S/C17H17ClO3/c18-15-8-6-12(7-9-15)10-14(17(20)21)11-16(19)13-4-2-1-3-5-13/h1-9,14,16,19H,10-11H2,(H,20,21). The lowest BCUT2D eigenvalue weighted by molar-refractivity contribution is -0.142. The van der Waals surface area contributed by atoms with Gasteiger partial charge in [-0.2, -0.15) is 0 Å². The van der Waals surface area contributed by atoms with Crippen LogP contribution in [0.25, 0.3) is 0 Å². The van der Waals surface area contributed by atoms with Gasteiger partial charge in [0.2, 0.25) is 0 Å². The second-order valence-electron chi connectivity index (χ2n) is 5.03. The molecule has 0 radical (unpaired) electrons. The highest BCUT2D eigenvalue weighted by molar-refractivity contribution is 6.30. The molecule has 0 spiro atoms. The van der Waals surface area contributed by atoms with E-state index in [0.29, 0.717) is 11.4 Å². The SMILES string of the molecule is O=C(O)C(Cc1ccc(Cl)cc1)CC(O)c1ccccc1. The summed E-state index contributed by atoms with van der Waals surface area (Å²) in [5, 5.41) is 20.1. The summed E-state index contributed by atoms with van der Waals surface area (Å²) in [6.07, 6.45) is -0.224. The van der Waals surface area contributed by atoms with Crippen molar-refractivity contribution in [3.05, 3.63) is 70.7 Å². The van der Waals surface area contributed by atoms with Crippen molar-refractivity contribution in [1.82, 2.24) is 0 Å². The van der Waals surface area contributed by atoms with Crippen molar-refractivity contribution in [2.24, 2.45) is 5.92 Å². The number of carboxylic acids is 1. The van der Waals surface area contributed by atoms with Crippen molar-refractivity contribution in [3.8, 4) is 0 Å². The van der Waals surface area contributed by atoms with Crippen LogP contribution in [-0.4, -0.2) is 16.2 Å². The Morgan fingerprint density at radius 3 is 2.24 bits per heavy atom. The van der Waals surface area contributed by atoms with Crippen molar-refractivity contribution < 1.29 is 15.0 Å². The number of aliphatic carboxylic acids is 1. The summed E-state index contributed by atoms with van der Waals surface area (Å²) in [6, 6.07) is 16.2. The summed E-state index contributed by atoms with van der Waals surface area (Å²) in [5.41, 5.74) is 1.63. The molecule has 3 nitrogen and oxygen atoms in total. The predicted molar refractivity (Wildman–Crippen MR) is 82.3 cm³/mol. The lowest BCUT2D eigenvalue weighted by Crippen LogP contribution is -2.19. The minimum Gasteiger partial charge on any atom is -0.481 e. The molecule has 0 aliphatic heterocycles. The number of rotatable bonds is 6. The monoisotopic (exact) mass is 304 g/mol. The Morgan fingerprint density at radius 2 is 1.67 bits per heavy atom. The maximum absolute atomic E-state index is 11.4. The molecule has 0 bridgehead atoms. The maximum Gasteiger partial charge on any atom is 0.306 e. The van der Waals surface area contributed by atoms with Gasteiger partial charge in [0.25, 0.3) is 0 Å². The van der Waals surface area contributed by atoms with Crippen LogP contribution in [0, 0.1) is 5.92 Å². The van der Waals surface area contributed by atoms with Gasteiger partial charge in [0.15, 0.2) is 0 Å². The molecular weight excluding hydrogens is 288 g/mol. The molecule has 0 fully saturated rings. The summed E-state index contributed by atoms with van der Waals surface area (Å²) in [6.45, 7) is 0. The molecular formula is C17H17ClO3. The third-order valence-electron chi connectivity index (χ3n) is 3.44. The highest BCUT2D eigenvalue weighted by atomic mass is 35.5. The molecule has 2 aromatic carbocycles. The van der Waals surface area contributed by atoms with Gasteiger partial charge in [-0.05, 0) is 36.1 Å². The Labute approximate surface area is 128 Å². The Hall–Kier alpha value is -1.84. The highest BCUT2D eigenvalue weighted by Crippen LogP contribution is 2.24. The largest absolute Gasteiger partial charge is 0.481 e. The summed E-state index contributed by atoms with van der Waals surface area (Å²) in [5.74, 6) is -1.54. The molecule has 0 heterocycles. The Balaban J connectivity index is 2.05. The maximum atomic E-state index is 11.4. The van der Waals surface area contributed by atoms with Crippen molar-refractivity contribution >= 4 is 17.6 Å². The number of halogens is 1. The molecule has 2 rings (SSSR count). The van der Waals surface area contributed by atoms with E-state index >= 15 is 0 Å². The first-order valence-corrected chi connectivity index (χ1v) is 7.14. The summed E-state index contributed by atoms with van der Waals surface area (Å²) < 4.78 is 0. The first-order chi connectivity index (χ1) is 10.1. The number of aliphatic hydroxyl groups is 1. The van der Waals surface area contributed by atoms with Gasteiger partial charge in [0.05, 0.1) is 12.0 Å². The smallest absolute Gasteiger partial charge is 0.306 e. The Bertz CT molecular complexity index is 581. The fourth-order valence-corrected chi connectivity index (χ4v) is 2.38. The quantitative estimate of drug-likeness (QED) is 0.855. The van der Waals surface area contributed by atoms with Crippen LogP contribution in [0.15, 0.2) is 54.6 Å². The molecule has 0 aliphatic carbocycles. The van der Waals surface area contributed by atoms with Gasteiger partial charge in [0.1, 0.15) is 0 Å². The van der Waals surface area contributed by atoms with E-state index in [-0.39, 0.29) is 6.42 Å². The Kier molecular flexibility index (Phi) is 5.37. The summed E-state index contributed by atoms with van der Waals surface area (Å²) >= 11 is 5.82. The second-order valence-corrected chi connectivity index (χ2v) is 5.46. The molecule has 2 atom stereocenters. The molecule has 21 heavy (non-hydrogen) atoms.